The number of allylic oxidation sites excluding steroid dienone is 1. The quantitative estimate of drug-likeness (QED) is 0.585. The van der Waals surface area contributed by atoms with Gasteiger partial charge in [0.25, 0.3) is 0 Å². The van der Waals surface area contributed by atoms with E-state index in [0.29, 0.717) is 11.8 Å². The van der Waals surface area contributed by atoms with Crippen LogP contribution < -0.4 is 5.73 Å². The Balaban J connectivity index is 2.59. The molecule has 0 spiro atoms. The van der Waals surface area contributed by atoms with Crippen molar-refractivity contribution in [2.24, 2.45) is 21.6 Å². The number of aliphatic imine (C=N–C) groups is 2. The first-order chi connectivity index (χ1) is 7.65. The second kappa shape index (κ2) is 6.43. The van der Waals surface area contributed by atoms with Crippen LogP contribution in [0.2, 0.25) is 0 Å². The molecule has 1 aliphatic rings. The molecule has 1 saturated heterocycles. The number of amidine groups is 1. The molecule has 0 aromatic carbocycles. The van der Waals surface area contributed by atoms with Gasteiger partial charge in [-0.1, -0.05) is 0 Å². The molecule has 1 rings (SSSR count). The minimum Gasteiger partial charge on any atom is -0.402 e. The highest BCUT2D eigenvalue weighted by molar-refractivity contribution is 6.00. The maximum Gasteiger partial charge on any atom is 0.151 e. The van der Waals surface area contributed by atoms with Crippen LogP contribution in [0.4, 0.5) is 0 Å². The molecule has 0 radical (unpaired) electrons. The fraction of sp³-hybridized carbons (Fsp3) is 0.667. The van der Waals surface area contributed by atoms with Gasteiger partial charge < -0.3 is 10.5 Å². The minimum absolute atomic E-state index is 0.608. The molecule has 0 aromatic rings. The molecule has 0 unspecified atom stereocenters. The van der Waals surface area contributed by atoms with Crippen LogP contribution in [0.3, 0.4) is 0 Å². The van der Waals surface area contributed by atoms with Gasteiger partial charge in [-0.25, -0.2) is 4.99 Å². The van der Waals surface area contributed by atoms with E-state index in [4.69, 9.17) is 10.5 Å². The topological polar surface area (TPSA) is 60.0 Å². The largest absolute Gasteiger partial charge is 0.402 e. The first-order valence-corrected chi connectivity index (χ1v) is 5.67. The first-order valence-electron chi connectivity index (χ1n) is 5.67. The van der Waals surface area contributed by atoms with Crippen molar-refractivity contribution < 1.29 is 4.74 Å². The van der Waals surface area contributed by atoms with Crippen LogP contribution >= 0.6 is 0 Å². The van der Waals surface area contributed by atoms with Gasteiger partial charge in [-0.2, -0.15) is 0 Å². The zero-order chi connectivity index (χ0) is 12.0. The van der Waals surface area contributed by atoms with Crippen molar-refractivity contribution in [1.29, 1.82) is 0 Å². The highest BCUT2D eigenvalue weighted by Crippen LogP contribution is 2.15. The zero-order valence-corrected chi connectivity index (χ0v) is 10.2. The molecule has 0 bridgehead atoms. The van der Waals surface area contributed by atoms with E-state index in [1.165, 1.54) is 0 Å². The van der Waals surface area contributed by atoms with Gasteiger partial charge in [0, 0.05) is 31.0 Å². The average molecular weight is 223 g/mol. The molecule has 0 amide bonds. The summed E-state index contributed by atoms with van der Waals surface area (Å²) in [7, 11) is 0. The summed E-state index contributed by atoms with van der Waals surface area (Å²) in [4.78, 5) is 8.41. The lowest BCUT2D eigenvalue weighted by molar-refractivity contribution is 0.0689. The van der Waals surface area contributed by atoms with Gasteiger partial charge in [0.15, 0.2) is 5.84 Å². The Bertz CT molecular complexity index is 297. The number of hydrogen-bond acceptors (Lipinski definition) is 3. The molecule has 4 nitrogen and oxygen atoms in total. The number of hydrogen-bond donors (Lipinski definition) is 1. The highest BCUT2D eigenvalue weighted by atomic mass is 16.5. The lowest BCUT2D eigenvalue weighted by atomic mass is 10.0. The van der Waals surface area contributed by atoms with Crippen molar-refractivity contribution in [2.75, 3.05) is 19.8 Å². The van der Waals surface area contributed by atoms with E-state index in [1.807, 2.05) is 13.8 Å². The van der Waals surface area contributed by atoms with Gasteiger partial charge in [0.05, 0.1) is 0 Å². The van der Waals surface area contributed by atoms with Crippen molar-refractivity contribution in [2.45, 2.75) is 26.7 Å². The summed E-state index contributed by atoms with van der Waals surface area (Å²) in [6.07, 6.45) is 2.16. The zero-order valence-electron chi connectivity index (χ0n) is 10.2. The Kier molecular flexibility index (Phi) is 5.19. The molecule has 16 heavy (non-hydrogen) atoms. The van der Waals surface area contributed by atoms with E-state index in [2.05, 4.69) is 16.7 Å². The fourth-order valence-electron chi connectivity index (χ4n) is 1.61. The van der Waals surface area contributed by atoms with Crippen LogP contribution in [0.5, 0.6) is 0 Å². The van der Waals surface area contributed by atoms with Gasteiger partial charge in [0.1, 0.15) is 0 Å². The van der Waals surface area contributed by atoms with Gasteiger partial charge in [0.2, 0.25) is 0 Å². The SMILES string of the molecule is C=NC(=NCC1CCOCC1)C(C)=C(C)N. The van der Waals surface area contributed by atoms with Gasteiger partial charge in [-0.15, -0.1) is 0 Å². The summed E-state index contributed by atoms with van der Waals surface area (Å²) in [5.74, 6) is 1.28. The van der Waals surface area contributed by atoms with Crippen LogP contribution in [0.25, 0.3) is 0 Å². The molecule has 1 fully saturated rings. The first kappa shape index (κ1) is 12.9. The molecule has 0 aromatic heterocycles. The summed E-state index contributed by atoms with van der Waals surface area (Å²) in [6, 6.07) is 0. The number of ether oxygens (including phenoxy) is 1. The van der Waals surface area contributed by atoms with Crippen LogP contribution in [-0.2, 0) is 4.74 Å². The fourth-order valence-corrected chi connectivity index (χ4v) is 1.61. The van der Waals surface area contributed by atoms with E-state index < -0.39 is 0 Å². The summed E-state index contributed by atoms with van der Waals surface area (Å²) >= 11 is 0. The Morgan fingerprint density at radius 3 is 2.50 bits per heavy atom. The summed E-state index contributed by atoms with van der Waals surface area (Å²) in [6.45, 7) is 9.80. The molecular weight excluding hydrogens is 202 g/mol. The van der Waals surface area contributed by atoms with Crippen LogP contribution in [-0.4, -0.2) is 32.3 Å². The molecule has 1 heterocycles. The molecule has 4 heteroatoms. The molecule has 0 aliphatic carbocycles. The van der Waals surface area contributed by atoms with Crippen LogP contribution in [0, 0.1) is 5.92 Å². The normalized spacial score (nSPS) is 20.5. The maximum atomic E-state index is 5.71. The third-order valence-corrected chi connectivity index (χ3v) is 2.92. The summed E-state index contributed by atoms with van der Waals surface area (Å²) in [5, 5.41) is 0. The Labute approximate surface area is 97.3 Å². The summed E-state index contributed by atoms with van der Waals surface area (Å²) in [5.41, 5.74) is 7.38. The molecule has 1 aliphatic heterocycles. The number of nitrogens with two attached hydrogens (primary N) is 1. The predicted molar refractivity (Wildman–Crippen MR) is 68.0 cm³/mol. The molecule has 0 saturated carbocycles. The lowest BCUT2D eigenvalue weighted by Gasteiger charge is -2.20. The standard InChI is InChI=1S/C12H21N3O/c1-9(10(2)13)12(14-3)15-8-11-4-6-16-7-5-11/h11H,3-8,13H2,1-2H3. The predicted octanol–water partition coefficient (Wildman–Crippen LogP) is 1.76. The van der Waals surface area contributed by atoms with E-state index in [0.717, 1.165) is 43.9 Å². The Morgan fingerprint density at radius 1 is 1.38 bits per heavy atom. The highest BCUT2D eigenvalue weighted by Gasteiger charge is 2.13. The lowest BCUT2D eigenvalue weighted by Crippen LogP contribution is -2.18. The van der Waals surface area contributed by atoms with Crippen molar-refractivity contribution >= 4 is 12.6 Å². The van der Waals surface area contributed by atoms with Crippen LogP contribution in [0.1, 0.15) is 26.7 Å². The van der Waals surface area contributed by atoms with Crippen molar-refractivity contribution in [1.82, 2.24) is 0 Å². The third-order valence-electron chi connectivity index (χ3n) is 2.92. The number of nitrogens with zero attached hydrogens (tertiary/aromatic N) is 2. The van der Waals surface area contributed by atoms with Gasteiger partial charge in [-0.05, 0) is 39.3 Å². The average Bonchev–Trinajstić information content (AvgIpc) is 2.30. The molecule has 2 N–H and O–H groups in total. The van der Waals surface area contributed by atoms with Crippen molar-refractivity contribution in [3.8, 4) is 0 Å². The maximum absolute atomic E-state index is 5.71. The van der Waals surface area contributed by atoms with E-state index in [1.54, 1.807) is 0 Å². The van der Waals surface area contributed by atoms with E-state index in [-0.39, 0.29) is 0 Å². The van der Waals surface area contributed by atoms with Crippen LogP contribution in [0.15, 0.2) is 21.3 Å². The smallest absolute Gasteiger partial charge is 0.151 e. The van der Waals surface area contributed by atoms with Crippen molar-refractivity contribution in [3.63, 3.8) is 0 Å². The van der Waals surface area contributed by atoms with Gasteiger partial charge >= 0.3 is 0 Å². The molecule has 90 valence electrons. The Morgan fingerprint density at radius 2 is 2.00 bits per heavy atom. The van der Waals surface area contributed by atoms with Gasteiger partial charge in [-0.3, -0.25) is 4.99 Å². The Hall–Kier alpha value is -1.16. The third kappa shape index (κ3) is 3.77. The van der Waals surface area contributed by atoms with Crippen molar-refractivity contribution in [3.05, 3.63) is 11.3 Å². The van der Waals surface area contributed by atoms with E-state index >= 15 is 0 Å². The van der Waals surface area contributed by atoms with E-state index in [9.17, 15) is 0 Å². The minimum atomic E-state index is 0.608. The monoisotopic (exact) mass is 223 g/mol. The molecule has 0 atom stereocenters. The number of rotatable bonds is 3. The second-order valence-corrected chi connectivity index (χ2v) is 4.19. The second-order valence-electron chi connectivity index (χ2n) is 4.19. The summed E-state index contributed by atoms with van der Waals surface area (Å²) < 4.78 is 5.30. The molecular formula is C12H21N3O.